The van der Waals surface area contributed by atoms with Crippen LogP contribution in [0.1, 0.15) is 49.9 Å². The molecule has 0 heterocycles. The van der Waals surface area contributed by atoms with Crippen LogP contribution in [0.15, 0.2) is 236 Å². The molecule has 12 aromatic rings. The molecule has 82 heavy (non-hydrogen) atoms. The van der Waals surface area contributed by atoms with E-state index in [0.717, 1.165) is 43.6 Å². The zero-order valence-electron chi connectivity index (χ0n) is 47.9. The fraction of sp³-hybridized carbons (Fsp3) is 0.167. The van der Waals surface area contributed by atoms with Gasteiger partial charge in [0.2, 0.25) is 0 Å². The smallest absolute Gasteiger partial charge is 1.00 e. The fourth-order valence-electron chi connectivity index (χ4n) is 9.53. The molecule has 0 saturated carbocycles. The molecule has 10 heteroatoms. The second kappa shape index (κ2) is 34.9. The van der Waals surface area contributed by atoms with Crippen molar-refractivity contribution >= 4 is 118 Å². The first-order valence-corrected chi connectivity index (χ1v) is 42.9. The second-order valence-corrected chi connectivity index (χ2v) is 42.5. The maximum Gasteiger partial charge on any atom is -1.00 e. The van der Waals surface area contributed by atoms with Crippen molar-refractivity contribution in [1.29, 1.82) is 0 Å². The van der Waals surface area contributed by atoms with Gasteiger partial charge in [-0.3, -0.25) is 0 Å². The van der Waals surface area contributed by atoms with Gasteiger partial charge in [0.1, 0.15) is 0 Å². The SMILES string of the molecule is CCc1cc2c(-c3ccc(Br)cc3)cccc2[cH-]1.CCc1cc2c(-c3ccc(Br)cc3)cccc2[cH-]1.CCc1cc2c(-c3ccc(Br)cc3)cccc2[cH-]1.CCc1cc2c(-c3ccc(Br)cc3)cccc2[cH-]1.C[Si](C)=[Zr+2].C[Si](C)=[Zr+2].[Cl-].[Cl-]. The topological polar surface area (TPSA) is 0 Å². The molecule has 0 spiro atoms. The Hall–Kier alpha value is -3.10. The summed E-state index contributed by atoms with van der Waals surface area (Å²) >= 11 is 17.4. The monoisotopic (exact) mass is 1550 g/mol. The number of hydrogen-bond donors (Lipinski definition) is 0. The summed E-state index contributed by atoms with van der Waals surface area (Å²) in [5.74, 6) is 0. The molecular formula is C72H68Br4Cl2Si2Zr2-2. The van der Waals surface area contributed by atoms with E-state index in [1.165, 1.54) is 110 Å². The van der Waals surface area contributed by atoms with E-state index < -0.39 is 0 Å². The molecule has 0 atom stereocenters. The minimum absolute atomic E-state index is 0. The van der Waals surface area contributed by atoms with Gasteiger partial charge >= 0.3 is 83.7 Å². The molecule has 0 unspecified atom stereocenters. The van der Waals surface area contributed by atoms with Crippen LogP contribution in [0.4, 0.5) is 0 Å². The number of benzene rings is 8. The molecule has 0 aromatic heterocycles. The molecule has 0 saturated heterocycles. The molecule has 0 bridgehead atoms. The molecule has 0 aliphatic heterocycles. The minimum Gasteiger partial charge on any atom is -1.00 e. The fourth-order valence-corrected chi connectivity index (χ4v) is 10.6. The minimum atomic E-state index is 0. The first-order valence-electron chi connectivity index (χ1n) is 27.4. The van der Waals surface area contributed by atoms with Crippen LogP contribution in [0, 0.1) is 0 Å². The molecule has 416 valence electrons. The average Bonchev–Trinajstić information content (AvgIpc) is 4.33. The molecule has 0 fully saturated rings. The third-order valence-electron chi connectivity index (χ3n) is 13.5. The molecule has 0 radical (unpaired) electrons. The van der Waals surface area contributed by atoms with Gasteiger partial charge in [-0.1, -0.05) is 186 Å². The van der Waals surface area contributed by atoms with Crippen molar-refractivity contribution in [2.24, 2.45) is 0 Å². The van der Waals surface area contributed by atoms with Crippen LogP contribution in [0.2, 0.25) is 26.2 Å². The number of hydrogen-bond acceptors (Lipinski definition) is 0. The van der Waals surface area contributed by atoms with Gasteiger partial charge in [-0.2, -0.15) is 24.3 Å². The van der Waals surface area contributed by atoms with Crippen LogP contribution in [0.3, 0.4) is 0 Å². The van der Waals surface area contributed by atoms with Crippen LogP contribution >= 0.6 is 63.7 Å². The Balaban J connectivity index is 0.000000190. The maximum atomic E-state index is 3.48. The van der Waals surface area contributed by atoms with Crippen LogP contribution in [-0.2, 0) is 72.4 Å². The van der Waals surface area contributed by atoms with E-state index in [1.807, 2.05) is 0 Å². The predicted octanol–water partition coefficient (Wildman–Crippen LogP) is 17.8. The maximum absolute atomic E-state index is 3.48. The summed E-state index contributed by atoms with van der Waals surface area (Å²) in [7, 11) is 0. The van der Waals surface area contributed by atoms with Crippen molar-refractivity contribution in [3.8, 4) is 44.5 Å². The standard InChI is InChI=1S/4C17H14Br.2C2H6Si.2ClH.2Zr/c4*1-2-12-10-14-4-3-5-16(17(14)11-12)13-6-8-15(18)9-7-13;2*1-3-2;;;;/h4*3-11H,2H2,1H3;2*1-2H3;2*1H;;/q4*-1;;;;;2*+2/p-2. The van der Waals surface area contributed by atoms with E-state index in [4.69, 9.17) is 0 Å². The summed E-state index contributed by atoms with van der Waals surface area (Å²) < 4.78 is 4.48. The zero-order valence-corrected chi connectivity index (χ0v) is 62.7. The van der Waals surface area contributed by atoms with Gasteiger partial charge in [-0.25, -0.2) is 0 Å². The Morgan fingerprint density at radius 1 is 0.305 bits per heavy atom. The predicted molar refractivity (Wildman–Crippen MR) is 363 cm³/mol. The van der Waals surface area contributed by atoms with Gasteiger partial charge in [0.15, 0.2) is 0 Å². The van der Waals surface area contributed by atoms with E-state index >= 15 is 0 Å². The Kier molecular flexibility index (Phi) is 29.6. The molecular weight excluding hydrogens is 1490 g/mol. The summed E-state index contributed by atoms with van der Waals surface area (Å²) in [5.41, 5.74) is 16.4. The number of fused-ring (bicyclic) bond motifs is 4. The molecule has 0 nitrogen and oxygen atoms in total. The summed E-state index contributed by atoms with van der Waals surface area (Å²) in [6, 6.07) is 78.6. The number of rotatable bonds is 8. The Labute approximate surface area is 564 Å². The first kappa shape index (κ1) is 69.7. The molecule has 12 aromatic carbocycles. The largest absolute Gasteiger partial charge is 1.00 e. The first-order chi connectivity index (χ1) is 38.6. The van der Waals surface area contributed by atoms with E-state index in [-0.39, 0.29) is 35.7 Å². The molecule has 0 amide bonds. The normalized spacial score (nSPS) is 10.3. The quantitative estimate of drug-likeness (QED) is 0.105. The van der Waals surface area contributed by atoms with Crippen molar-refractivity contribution < 1.29 is 71.5 Å². The van der Waals surface area contributed by atoms with Crippen LogP contribution in [0.5, 0.6) is 0 Å². The van der Waals surface area contributed by atoms with Gasteiger partial charge in [0.25, 0.3) is 0 Å². The van der Waals surface area contributed by atoms with Gasteiger partial charge in [0.05, 0.1) is 0 Å². The Bertz CT molecular complexity index is 3430. The zero-order chi connectivity index (χ0) is 57.3. The number of halogens is 6. The van der Waals surface area contributed by atoms with Crippen LogP contribution < -0.4 is 24.8 Å². The molecule has 0 aliphatic rings. The summed E-state index contributed by atoms with van der Waals surface area (Å²) in [5, 5.41) is 10.8. The van der Waals surface area contributed by atoms with Crippen molar-refractivity contribution in [3.63, 3.8) is 0 Å². The van der Waals surface area contributed by atoms with Crippen LogP contribution in [0.25, 0.3) is 87.6 Å². The summed E-state index contributed by atoms with van der Waals surface area (Å²) in [6.45, 7) is 18.0. The van der Waals surface area contributed by atoms with E-state index in [0.29, 0.717) is 0 Å². The third kappa shape index (κ3) is 20.0. The van der Waals surface area contributed by atoms with Crippen molar-refractivity contribution in [3.05, 3.63) is 259 Å². The Morgan fingerprint density at radius 2 is 0.476 bits per heavy atom. The van der Waals surface area contributed by atoms with Crippen molar-refractivity contribution in [2.45, 2.75) is 79.6 Å². The third-order valence-corrected chi connectivity index (χ3v) is 15.6. The Morgan fingerprint density at radius 3 is 0.634 bits per heavy atom. The summed E-state index contributed by atoms with van der Waals surface area (Å²) in [4.78, 5) is 0. The van der Waals surface area contributed by atoms with Crippen molar-refractivity contribution in [2.75, 3.05) is 0 Å². The van der Waals surface area contributed by atoms with Gasteiger partial charge in [-0.05, 0) is 96.5 Å². The molecule has 0 N–H and O–H groups in total. The second-order valence-electron chi connectivity index (χ2n) is 20.1. The summed E-state index contributed by atoms with van der Waals surface area (Å²) in [6.07, 6.45) is 4.37. The molecule has 12 rings (SSSR count). The van der Waals surface area contributed by atoms with Crippen LogP contribution in [-0.4, -0.2) is 10.9 Å². The van der Waals surface area contributed by atoms with E-state index in [1.54, 1.807) is 46.7 Å². The van der Waals surface area contributed by atoms with E-state index in [9.17, 15) is 0 Å². The average molecular weight is 1560 g/mol. The van der Waals surface area contributed by atoms with Gasteiger partial charge in [-0.15, -0.1) is 138 Å². The van der Waals surface area contributed by atoms with Crippen molar-refractivity contribution in [1.82, 2.24) is 0 Å². The van der Waals surface area contributed by atoms with Gasteiger partial charge < -0.3 is 24.8 Å². The van der Waals surface area contributed by atoms with E-state index in [2.05, 4.69) is 336 Å². The van der Waals surface area contributed by atoms with Gasteiger partial charge in [0, 0.05) is 17.9 Å². The molecule has 0 aliphatic carbocycles. The number of aryl methyl sites for hydroxylation is 4.